The summed E-state index contributed by atoms with van der Waals surface area (Å²) in [5, 5.41) is 2.83. The molecular weight excluding hydrogens is 400 g/mol. The van der Waals surface area contributed by atoms with Gasteiger partial charge in [0, 0.05) is 7.05 Å². The van der Waals surface area contributed by atoms with E-state index in [0.29, 0.717) is 5.75 Å². The van der Waals surface area contributed by atoms with Gasteiger partial charge in [0.1, 0.15) is 11.5 Å². The molecule has 0 aromatic heterocycles. The first-order valence-electron chi connectivity index (χ1n) is 9.50. The normalized spacial score (nSPS) is 12.4. The Labute approximate surface area is 177 Å². The van der Waals surface area contributed by atoms with Crippen molar-refractivity contribution in [2.24, 2.45) is 0 Å². The summed E-state index contributed by atoms with van der Waals surface area (Å²) in [6, 6.07) is 24.6. The number of para-hydroxylation sites is 1. The average molecular weight is 425 g/mol. The quantitative estimate of drug-likeness (QED) is 0.594. The predicted molar refractivity (Wildman–Crippen MR) is 116 cm³/mol. The number of nitrogens with one attached hydrogen (secondary N) is 1. The van der Waals surface area contributed by atoms with Crippen molar-refractivity contribution < 1.29 is 17.9 Å². The molecule has 0 aliphatic heterocycles. The lowest BCUT2D eigenvalue weighted by atomic mass is 10.1. The molecule has 0 bridgehead atoms. The minimum atomic E-state index is -3.71. The Kier molecular flexibility index (Phi) is 6.87. The third kappa shape index (κ3) is 5.46. The summed E-state index contributed by atoms with van der Waals surface area (Å²) in [6.45, 7) is 1.58. The lowest BCUT2D eigenvalue weighted by Gasteiger charge is -2.19. The van der Waals surface area contributed by atoms with Gasteiger partial charge in [0.25, 0.3) is 0 Å². The molecule has 0 aliphatic rings. The lowest BCUT2D eigenvalue weighted by Crippen LogP contribution is -2.39. The SMILES string of the molecule is CC(NC(=O)CN(C)S(=O)(=O)c1ccccc1)c1ccc(Oc2ccccc2)cc1. The van der Waals surface area contributed by atoms with Crippen molar-refractivity contribution in [1.82, 2.24) is 9.62 Å². The molecule has 3 aromatic carbocycles. The fourth-order valence-corrected chi connectivity index (χ4v) is 4.03. The Morgan fingerprint density at radius 1 is 0.900 bits per heavy atom. The van der Waals surface area contributed by atoms with Crippen LogP contribution in [0.5, 0.6) is 11.5 Å². The van der Waals surface area contributed by atoms with Gasteiger partial charge >= 0.3 is 0 Å². The van der Waals surface area contributed by atoms with Crippen LogP contribution in [0.25, 0.3) is 0 Å². The van der Waals surface area contributed by atoms with Gasteiger partial charge in [0.05, 0.1) is 17.5 Å². The number of nitrogens with zero attached hydrogens (tertiary/aromatic N) is 1. The number of hydrogen-bond donors (Lipinski definition) is 1. The number of carbonyl (C=O) groups is 1. The average Bonchev–Trinajstić information content (AvgIpc) is 2.75. The fraction of sp³-hybridized carbons (Fsp3) is 0.174. The highest BCUT2D eigenvalue weighted by Gasteiger charge is 2.23. The van der Waals surface area contributed by atoms with Crippen molar-refractivity contribution in [3.8, 4) is 11.5 Å². The minimum Gasteiger partial charge on any atom is -0.457 e. The largest absolute Gasteiger partial charge is 0.457 e. The lowest BCUT2D eigenvalue weighted by molar-refractivity contribution is -0.121. The Balaban J connectivity index is 1.57. The molecular formula is C23H24N2O4S. The molecule has 0 saturated carbocycles. The molecule has 156 valence electrons. The van der Waals surface area contributed by atoms with Gasteiger partial charge in [0.15, 0.2) is 0 Å². The molecule has 3 aromatic rings. The monoisotopic (exact) mass is 424 g/mol. The Morgan fingerprint density at radius 3 is 2.03 bits per heavy atom. The van der Waals surface area contributed by atoms with Crippen molar-refractivity contribution in [1.29, 1.82) is 0 Å². The van der Waals surface area contributed by atoms with Gasteiger partial charge in [-0.15, -0.1) is 0 Å². The van der Waals surface area contributed by atoms with Gasteiger partial charge in [-0.25, -0.2) is 8.42 Å². The molecule has 0 radical (unpaired) electrons. The van der Waals surface area contributed by atoms with Crippen molar-refractivity contribution in [3.05, 3.63) is 90.5 Å². The molecule has 3 rings (SSSR count). The number of benzene rings is 3. The molecule has 1 atom stereocenters. The zero-order chi connectivity index (χ0) is 21.6. The summed E-state index contributed by atoms with van der Waals surface area (Å²) in [5.41, 5.74) is 0.886. The van der Waals surface area contributed by atoms with E-state index in [2.05, 4.69) is 5.32 Å². The molecule has 0 saturated heterocycles. The Morgan fingerprint density at radius 2 is 1.43 bits per heavy atom. The molecule has 6 nitrogen and oxygen atoms in total. The standard InChI is InChI=1S/C23H24N2O4S/c1-18(19-13-15-21(16-14-19)29-20-9-5-3-6-10-20)24-23(26)17-25(2)30(27,28)22-11-7-4-8-12-22/h3-16,18H,17H2,1-2H3,(H,24,26). The number of rotatable bonds is 8. The molecule has 0 fully saturated rings. The maximum atomic E-state index is 12.5. The summed E-state index contributed by atoms with van der Waals surface area (Å²) in [5.74, 6) is 1.06. The zero-order valence-electron chi connectivity index (χ0n) is 16.9. The van der Waals surface area contributed by atoms with E-state index in [0.717, 1.165) is 15.6 Å². The molecule has 0 spiro atoms. The molecule has 1 amide bonds. The van der Waals surface area contributed by atoms with E-state index < -0.39 is 10.0 Å². The molecule has 0 aliphatic carbocycles. The van der Waals surface area contributed by atoms with Crippen LogP contribution in [0.2, 0.25) is 0 Å². The third-order valence-electron chi connectivity index (χ3n) is 4.55. The second-order valence-electron chi connectivity index (χ2n) is 6.85. The van der Waals surface area contributed by atoms with Crippen LogP contribution >= 0.6 is 0 Å². The van der Waals surface area contributed by atoms with Gasteiger partial charge in [-0.1, -0.05) is 48.5 Å². The van der Waals surface area contributed by atoms with E-state index >= 15 is 0 Å². The number of likely N-dealkylation sites (N-methyl/N-ethyl adjacent to an activating group) is 1. The highest BCUT2D eigenvalue weighted by molar-refractivity contribution is 7.89. The molecule has 1 unspecified atom stereocenters. The first-order valence-corrected chi connectivity index (χ1v) is 10.9. The highest BCUT2D eigenvalue weighted by atomic mass is 32.2. The minimum absolute atomic E-state index is 0.155. The fourth-order valence-electron chi connectivity index (χ4n) is 2.88. The topological polar surface area (TPSA) is 75.7 Å². The van der Waals surface area contributed by atoms with Crippen LogP contribution < -0.4 is 10.1 Å². The van der Waals surface area contributed by atoms with Gasteiger partial charge in [-0.05, 0) is 48.9 Å². The summed E-state index contributed by atoms with van der Waals surface area (Å²) in [6.07, 6.45) is 0. The van der Waals surface area contributed by atoms with Crippen LogP contribution in [0.15, 0.2) is 89.8 Å². The van der Waals surface area contributed by atoms with Gasteiger partial charge in [-0.3, -0.25) is 4.79 Å². The van der Waals surface area contributed by atoms with E-state index in [-0.39, 0.29) is 23.4 Å². The van der Waals surface area contributed by atoms with Crippen molar-refractivity contribution in [2.45, 2.75) is 17.9 Å². The van der Waals surface area contributed by atoms with Crippen LogP contribution in [0.4, 0.5) is 0 Å². The molecule has 30 heavy (non-hydrogen) atoms. The number of hydrogen-bond acceptors (Lipinski definition) is 4. The summed E-state index contributed by atoms with van der Waals surface area (Å²) < 4.78 is 31.9. The molecule has 7 heteroatoms. The smallest absolute Gasteiger partial charge is 0.243 e. The number of carbonyl (C=O) groups excluding carboxylic acids is 1. The summed E-state index contributed by atoms with van der Waals surface area (Å²) >= 11 is 0. The zero-order valence-corrected chi connectivity index (χ0v) is 17.7. The summed E-state index contributed by atoms with van der Waals surface area (Å²) in [7, 11) is -2.32. The van der Waals surface area contributed by atoms with Crippen LogP contribution in [-0.2, 0) is 14.8 Å². The second-order valence-corrected chi connectivity index (χ2v) is 8.89. The van der Waals surface area contributed by atoms with Crippen molar-refractivity contribution in [2.75, 3.05) is 13.6 Å². The summed E-state index contributed by atoms with van der Waals surface area (Å²) in [4.78, 5) is 12.5. The third-order valence-corrected chi connectivity index (χ3v) is 6.37. The van der Waals surface area contributed by atoms with Crippen molar-refractivity contribution in [3.63, 3.8) is 0 Å². The Hall–Kier alpha value is -3.16. The van der Waals surface area contributed by atoms with Crippen molar-refractivity contribution >= 4 is 15.9 Å². The van der Waals surface area contributed by atoms with Gasteiger partial charge in [0.2, 0.25) is 15.9 Å². The van der Waals surface area contributed by atoms with Crippen LogP contribution in [0.3, 0.4) is 0 Å². The highest BCUT2D eigenvalue weighted by Crippen LogP contribution is 2.23. The van der Waals surface area contributed by atoms with Gasteiger partial charge < -0.3 is 10.1 Å². The van der Waals surface area contributed by atoms with E-state index in [1.165, 1.54) is 19.2 Å². The maximum Gasteiger partial charge on any atom is 0.243 e. The molecule has 1 N–H and O–H groups in total. The van der Waals surface area contributed by atoms with E-state index in [9.17, 15) is 13.2 Å². The van der Waals surface area contributed by atoms with Crippen LogP contribution in [-0.4, -0.2) is 32.2 Å². The molecule has 0 heterocycles. The Bertz CT molecular complexity index is 1070. The number of amides is 1. The number of sulfonamides is 1. The maximum absolute atomic E-state index is 12.5. The van der Waals surface area contributed by atoms with E-state index in [4.69, 9.17) is 4.74 Å². The van der Waals surface area contributed by atoms with E-state index in [1.807, 2.05) is 61.5 Å². The van der Waals surface area contributed by atoms with Crippen LogP contribution in [0, 0.1) is 0 Å². The predicted octanol–water partition coefficient (Wildman–Crippen LogP) is 3.98. The second kappa shape index (κ2) is 9.56. The van der Waals surface area contributed by atoms with Crippen LogP contribution in [0.1, 0.15) is 18.5 Å². The first-order chi connectivity index (χ1) is 14.4. The van der Waals surface area contributed by atoms with Gasteiger partial charge in [-0.2, -0.15) is 4.31 Å². The van der Waals surface area contributed by atoms with E-state index in [1.54, 1.807) is 18.2 Å². The first kappa shape index (κ1) is 21.5. The number of ether oxygens (including phenoxy) is 1.